The molecular weight excluding hydrogens is 412 g/mol. The Kier molecular flexibility index (Phi) is 4.48. The molecule has 1 aromatic carbocycles. The average molecular weight is 420 g/mol. The Hall–Kier alpha value is -1.67. The molecule has 0 saturated carbocycles. The van der Waals surface area contributed by atoms with E-state index in [4.69, 9.17) is 14.3 Å². The van der Waals surface area contributed by atoms with Gasteiger partial charge in [-0.15, -0.1) is 0 Å². The Balaban J connectivity index is 2.80. The molecule has 0 fully saturated rings. The molecule has 1 aromatic heterocycles. The number of aromatic carboxylic acids is 1. The Morgan fingerprint density at radius 2 is 2.00 bits per heavy atom. The zero-order chi connectivity index (χ0) is 15.7. The zero-order valence-electron chi connectivity index (χ0n) is 10.6. The lowest BCUT2D eigenvalue weighted by atomic mass is 10.2. The van der Waals surface area contributed by atoms with Gasteiger partial charge in [-0.1, -0.05) is 6.92 Å². The van der Waals surface area contributed by atoms with E-state index >= 15 is 0 Å². The van der Waals surface area contributed by atoms with Crippen LogP contribution in [0.4, 0.5) is 0 Å². The second-order valence-electron chi connectivity index (χ2n) is 4.00. The summed E-state index contributed by atoms with van der Waals surface area (Å²) in [5.74, 6) is -1.88. The highest BCUT2D eigenvalue weighted by Gasteiger charge is 2.20. The van der Waals surface area contributed by atoms with Crippen LogP contribution in [0.3, 0.4) is 0 Å². The summed E-state index contributed by atoms with van der Waals surface area (Å²) in [5, 5.41) is 9.26. The summed E-state index contributed by atoms with van der Waals surface area (Å²) in [7, 11) is 0. The molecule has 0 radical (unpaired) electrons. The lowest BCUT2D eigenvalue weighted by Gasteiger charge is -2.10. The van der Waals surface area contributed by atoms with Crippen molar-refractivity contribution in [3.63, 3.8) is 0 Å². The van der Waals surface area contributed by atoms with E-state index in [1.54, 1.807) is 13.0 Å². The van der Waals surface area contributed by atoms with Crippen molar-refractivity contribution < 1.29 is 23.8 Å². The van der Waals surface area contributed by atoms with Gasteiger partial charge in [0.1, 0.15) is 5.56 Å². The van der Waals surface area contributed by atoms with Gasteiger partial charge in [-0.25, -0.2) is 9.59 Å². The van der Waals surface area contributed by atoms with Crippen molar-refractivity contribution in [1.82, 2.24) is 0 Å². The molecule has 0 amide bonds. The van der Waals surface area contributed by atoms with Crippen LogP contribution in [0, 0.1) is 0 Å². The second-order valence-corrected chi connectivity index (χ2v) is 5.65. The predicted molar refractivity (Wildman–Crippen MR) is 80.8 cm³/mol. The molecule has 0 bridgehead atoms. The van der Waals surface area contributed by atoms with Gasteiger partial charge in [-0.3, -0.25) is 4.79 Å². The molecule has 8 heteroatoms. The molecule has 1 N–H and O–H groups in total. The van der Waals surface area contributed by atoms with Gasteiger partial charge < -0.3 is 14.3 Å². The van der Waals surface area contributed by atoms with Gasteiger partial charge in [0.15, 0.2) is 11.3 Å². The third kappa shape index (κ3) is 3.01. The Morgan fingerprint density at radius 3 is 2.57 bits per heavy atom. The first-order valence-electron chi connectivity index (χ1n) is 5.75. The maximum absolute atomic E-state index is 11.7. The maximum atomic E-state index is 11.7. The number of carbonyl (C=O) groups is 2. The number of esters is 1. The molecule has 0 aliphatic heterocycles. The van der Waals surface area contributed by atoms with Gasteiger partial charge in [0.2, 0.25) is 0 Å². The second kappa shape index (κ2) is 5.98. The van der Waals surface area contributed by atoms with Crippen LogP contribution in [0.25, 0.3) is 11.0 Å². The molecule has 0 aliphatic rings. The van der Waals surface area contributed by atoms with Gasteiger partial charge in [0.25, 0.3) is 0 Å². The Bertz CT molecular complexity index is 808. The minimum absolute atomic E-state index is 0.00174. The first-order chi connectivity index (χ1) is 9.85. The highest BCUT2D eigenvalue weighted by molar-refractivity contribution is 9.13. The molecule has 6 nitrogen and oxygen atoms in total. The standard InChI is InChI=1S/C13H8Br2O6/c1-2-8(16)20-11-9(15)7(14)4-5-3-6(12(17)18)13(19)21-10(5)11/h3-4H,2H2,1H3,(H,17,18). The van der Waals surface area contributed by atoms with Gasteiger partial charge in [0.05, 0.1) is 4.47 Å². The van der Waals surface area contributed by atoms with Crippen LogP contribution in [0.15, 0.2) is 30.3 Å². The predicted octanol–water partition coefficient (Wildman–Crippen LogP) is 3.33. The number of hydrogen-bond donors (Lipinski definition) is 1. The van der Waals surface area contributed by atoms with Gasteiger partial charge >= 0.3 is 17.6 Å². The van der Waals surface area contributed by atoms with E-state index in [0.717, 1.165) is 0 Å². The first kappa shape index (κ1) is 15.7. The van der Waals surface area contributed by atoms with Crippen LogP contribution < -0.4 is 10.4 Å². The summed E-state index contributed by atoms with van der Waals surface area (Å²) < 4.78 is 11.1. The highest BCUT2D eigenvalue weighted by atomic mass is 79.9. The topological polar surface area (TPSA) is 93.8 Å². The van der Waals surface area contributed by atoms with Crippen molar-refractivity contribution in [3.8, 4) is 5.75 Å². The fourth-order valence-corrected chi connectivity index (χ4v) is 2.41. The molecule has 21 heavy (non-hydrogen) atoms. The first-order valence-corrected chi connectivity index (χ1v) is 7.33. The van der Waals surface area contributed by atoms with Crippen molar-refractivity contribution in [3.05, 3.63) is 37.1 Å². The van der Waals surface area contributed by atoms with Crippen LogP contribution in [-0.4, -0.2) is 17.0 Å². The molecule has 0 aliphatic carbocycles. The molecule has 110 valence electrons. The summed E-state index contributed by atoms with van der Waals surface area (Å²) in [6.07, 6.45) is 0.137. The van der Waals surface area contributed by atoms with Gasteiger partial charge in [-0.05, 0) is 44.0 Å². The summed E-state index contributed by atoms with van der Waals surface area (Å²) in [6.45, 7) is 1.62. The zero-order valence-corrected chi connectivity index (χ0v) is 13.8. The van der Waals surface area contributed by atoms with E-state index in [9.17, 15) is 14.4 Å². The van der Waals surface area contributed by atoms with Crippen LogP contribution in [0.5, 0.6) is 5.75 Å². The molecule has 0 spiro atoms. The summed E-state index contributed by atoms with van der Waals surface area (Å²) >= 11 is 6.48. The highest BCUT2D eigenvalue weighted by Crippen LogP contribution is 2.39. The number of carboxylic acids is 1. The minimum Gasteiger partial charge on any atom is -0.477 e. The lowest BCUT2D eigenvalue weighted by Crippen LogP contribution is -2.14. The monoisotopic (exact) mass is 418 g/mol. The normalized spacial score (nSPS) is 10.6. The third-order valence-electron chi connectivity index (χ3n) is 2.61. The molecule has 2 rings (SSSR count). The van der Waals surface area contributed by atoms with Crippen molar-refractivity contribution in [2.24, 2.45) is 0 Å². The largest absolute Gasteiger partial charge is 0.477 e. The van der Waals surface area contributed by atoms with Crippen LogP contribution in [0.2, 0.25) is 0 Å². The Labute approximate surface area is 135 Å². The van der Waals surface area contributed by atoms with E-state index in [2.05, 4.69) is 31.9 Å². The number of benzene rings is 1. The summed E-state index contributed by atoms with van der Waals surface area (Å²) in [4.78, 5) is 34.1. The SMILES string of the molecule is CCC(=O)Oc1c(Br)c(Br)cc2cc(C(=O)O)c(=O)oc12. The van der Waals surface area contributed by atoms with Crippen molar-refractivity contribution in [2.75, 3.05) is 0 Å². The fourth-order valence-electron chi connectivity index (χ4n) is 1.61. The summed E-state index contributed by atoms with van der Waals surface area (Å²) in [5.41, 5.74) is -1.51. The molecule has 0 unspecified atom stereocenters. The number of rotatable bonds is 3. The van der Waals surface area contributed by atoms with E-state index in [1.807, 2.05) is 0 Å². The number of fused-ring (bicyclic) bond motifs is 1. The summed E-state index contributed by atoms with van der Waals surface area (Å²) in [6, 6.07) is 2.72. The van der Waals surface area contributed by atoms with E-state index < -0.39 is 23.1 Å². The number of carboxylic acid groups (broad SMARTS) is 1. The molecule has 0 saturated heterocycles. The van der Waals surface area contributed by atoms with Crippen molar-refractivity contribution in [2.45, 2.75) is 13.3 Å². The smallest absolute Gasteiger partial charge is 0.351 e. The third-order valence-corrected chi connectivity index (χ3v) is 4.55. The quantitative estimate of drug-likeness (QED) is 0.465. The number of ether oxygens (including phenoxy) is 1. The van der Waals surface area contributed by atoms with Crippen molar-refractivity contribution in [1.29, 1.82) is 0 Å². The molecule has 1 heterocycles. The van der Waals surface area contributed by atoms with E-state index in [-0.39, 0.29) is 17.8 Å². The molecule has 0 atom stereocenters. The lowest BCUT2D eigenvalue weighted by molar-refractivity contribution is -0.134. The Morgan fingerprint density at radius 1 is 1.33 bits per heavy atom. The molecular formula is C13H8Br2O6. The molecule has 2 aromatic rings. The average Bonchev–Trinajstić information content (AvgIpc) is 2.43. The number of hydrogen-bond acceptors (Lipinski definition) is 5. The minimum atomic E-state index is -1.39. The van der Waals surface area contributed by atoms with Crippen LogP contribution in [0.1, 0.15) is 23.7 Å². The number of halogens is 2. The van der Waals surface area contributed by atoms with E-state index in [1.165, 1.54) is 6.07 Å². The van der Waals surface area contributed by atoms with Gasteiger partial charge in [0, 0.05) is 16.3 Å². The fraction of sp³-hybridized carbons (Fsp3) is 0.154. The van der Waals surface area contributed by atoms with Crippen LogP contribution >= 0.6 is 31.9 Å². The van der Waals surface area contributed by atoms with Crippen molar-refractivity contribution >= 4 is 54.8 Å². The maximum Gasteiger partial charge on any atom is 0.351 e. The van der Waals surface area contributed by atoms with Crippen LogP contribution in [-0.2, 0) is 4.79 Å². The number of carbonyl (C=O) groups excluding carboxylic acids is 1. The van der Waals surface area contributed by atoms with E-state index in [0.29, 0.717) is 14.3 Å². The van der Waals surface area contributed by atoms with Gasteiger partial charge in [-0.2, -0.15) is 0 Å².